The van der Waals surface area contributed by atoms with E-state index in [9.17, 15) is 13.2 Å². The van der Waals surface area contributed by atoms with Crippen LogP contribution in [0, 0.1) is 0 Å². The number of hydrogen-bond donors (Lipinski definition) is 1. The lowest BCUT2D eigenvalue weighted by Gasteiger charge is -2.13. The van der Waals surface area contributed by atoms with Crippen molar-refractivity contribution in [2.24, 2.45) is 9.54 Å². The molecular weight excluding hydrogens is 308 g/mol. The maximum absolute atomic E-state index is 11.2. The molecule has 21 heavy (non-hydrogen) atoms. The lowest BCUT2D eigenvalue weighted by atomic mass is 10.3. The summed E-state index contributed by atoms with van der Waals surface area (Å²) >= 11 is 0. The second-order valence-electron chi connectivity index (χ2n) is 6.72. The first-order chi connectivity index (χ1) is 9.01. The van der Waals surface area contributed by atoms with E-state index in [0.29, 0.717) is 0 Å². The summed E-state index contributed by atoms with van der Waals surface area (Å²) in [7, 11) is -2.26. The van der Waals surface area contributed by atoms with Crippen molar-refractivity contribution in [1.29, 1.82) is 0 Å². The molecule has 0 heterocycles. The minimum absolute atomic E-state index is 0.167. The van der Waals surface area contributed by atoms with E-state index < -0.39 is 22.0 Å². The molecule has 2 atom stereocenters. The van der Waals surface area contributed by atoms with E-state index in [0.717, 1.165) is 5.71 Å². The second kappa shape index (κ2) is 11.2. The van der Waals surface area contributed by atoms with Crippen LogP contribution in [0.3, 0.4) is 0 Å². The molecule has 0 aromatic heterocycles. The van der Waals surface area contributed by atoms with Crippen LogP contribution in [0.1, 0.15) is 69.2 Å². The van der Waals surface area contributed by atoms with E-state index in [4.69, 9.17) is 5.14 Å². The predicted octanol–water partition coefficient (Wildman–Crippen LogP) is 2.93. The average Bonchev–Trinajstić information content (AvgIpc) is 2.12. The monoisotopic (exact) mass is 340 g/mol. The Hall–Kier alpha value is -0.400. The van der Waals surface area contributed by atoms with Crippen molar-refractivity contribution in [3.8, 4) is 0 Å². The normalized spacial score (nSPS) is 13.7. The molecule has 0 aromatic rings. The van der Waals surface area contributed by atoms with E-state index in [1.54, 1.807) is 0 Å². The van der Waals surface area contributed by atoms with Crippen LogP contribution in [-0.4, -0.2) is 29.4 Å². The van der Waals surface area contributed by atoms with E-state index in [1.165, 1.54) is 13.8 Å². The van der Waals surface area contributed by atoms with Crippen LogP contribution in [0.25, 0.3) is 0 Å². The minimum atomic E-state index is -1.18. The zero-order chi connectivity index (χ0) is 18.0. The molecule has 0 saturated carbocycles. The fourth-order valence-electron chi connectivity index (χ4n) is 0.303. The smallest absolute Gasteiger partial charge is 0.144 e. The first-order valence-electron chi connectivity index (χ1n) is 6.59. The Labute approximate surface area is 135 Å². The molecule has 5 nitrogen and oxygen atoms in total. The molecule has 0 bridgehead atoms. The van der Waals surface area contributed by atoms with Gasteiger partial charge in [0.2, 0.25) is 0 Å². The minimum Gasteiger partial charge on any atom is -0.300 e. The maximum Gasteiger partial charge on any atom is 0.144 e. The summed E-state index contributed by atoms with van der Waals surface area (Å²) in [5, 5.41) is 5.04. The Balaban J connectivity index is -0.000000256. The van der Waals surface area contributed by atoms with Crippen LogP contribution in [0.2, 0.25) is 0 Å². The molecule has 7 heteroatoms. The van der Waals surface area contributed by atoms with Gasteiger partial charge in [0.05, 0.1) is 20.5 Å². The molecule has 0 aliphatic carbocycles. The molecule has 0 rings (SSSR count). The Morgan fingerprint density at radius 1 is 0.857 bits per heavy atom. The van der Waals surface area contributed by atoms with Crippen molar-refractivity contribution in [3.63, 3.8) is 0 Å². The summed E-state index contributed by atoms with van der Waals surface area (Å²) in [5.74, 6) is 0.167. The summed E-state index contributed by atoms with van der Waals surface area (Å²) in [6.45, 7) is 18.0. The van der Waals surface area contributed by atoms with Gasteiger partial charge in [-0.3, -0.25) is 5.14 Å². The summed E-state index contributed by atoms with van der Waals surface area (Å²) < 4.78 is 25.0. The zero-order valence-corrected chi connectivity index (χ0v) is 16.7. The molecule has 0 aliphatic heterocycles. The molecule has 0 aromatic carbocycles. The quantitative estimate of drug-likeness (QED) is 0.744. The Morgan fingerprint density at radius 3 is 1.14 bits per heavy atom. The molecule has 0 amide bonds. The van der Waals surface area contributed by atoms with E-state index >= 15 is 0 Å². The van der Waals surface area contributed by atoms with E-state index in [2.05, 4.69) is 4.40 Å². The molecular formula is C14H32N2O3S2. The van der Waals surface area contributed by atoms with Gasteiger partial charge in [-0.15, -0.1) is 0 Å². The summed E-state index contributed by atoms with van der Waals surface area (Å²) in [6.07, 6.45) is 0. The summed E-state index contributed by atoms with van der Waals surface area (Å²) in [6, 6.07) is 0. The molecule has 128 valence electrons. The van der Waals surface area contributed by atoms with Gasteiger partial charge in [-0.05, 0) is 69.2 Å². The lowest BCUT2D eigenvalue weighted by Crippen LogP contribution is -2.27. The predicted molar refractivity (Wildman–Crippen MR) is 95.1 cm³/mol. The third-order valence-electron chi connectivity index (χ3n) is 1.39. The van der Waals surface area contributed by atoms with Gasteiger partial charge in [0.25, 0.3) is 0 Å². The first kappa shape index (κ1) is 25.5. The molecule has 0 saturated heterocycles. The number of carbonyl (C=O) groups excluding carboxylic acids is 1. The third-order valence-corrected chi connectivity index (χ3v) is 4.18. The van der Waals surface area contributed by atoms with Gasteiger partial charge in [0, 0.05) is 5.71 Å². The molecule has 0 radical (unpaired) electrons. The van der Waals surface area contributed by atoms with Crippen molar-refractivity contribution >= 4 is 33.5 Å². The number of rotatable bonds is 1. The molecule has 2 unspecified atom stereocenters. The van der Waals surface area contributed by atoms with Gasteiger partial charge < -0.3 is 4.79 Å². The largest absolute Gasteiger partial charge is 0.300 e. The Kier molecular flexibility index (Phi) is 13.6. The number of nitrogens with zero attached hydrogens (tertiary/aromatic N) is 1. The highest BCUT2D eigenvalue weighted by Gasteiger charge is 2.18. The van der Waals surface area contributed by atoms with Crippen LogP contribution < -0.4 is 5.14 Å². The number of carbonyl (C=O) groups is 1. The van der Waals surface area contributed by atoms with Gasteiger partial charge in [-0.1, -0.05) is 0 Å². The molecule has 0 fully saturated rings. The topological polar surface area (TPSA) is 89.6 Å². The number of Topliss-reactive ketones (excluding diaryl/α,β-unsaturated/α-hetero) is 1. The molecule has 0 aliphatic rings. The van der Waals surface area contributed by atoms with Crippen molar-refractivity contribution < 1.29 is 13.2 Å². The van der Waals surface area contributed by atoms with Gasteiger partial charge in [-0.25, -0.2) is 8.42 Å². The third kappa shape index (κ3) is 24.9. The highest BCUT2D eigenvalue weighted by molar-refractivity contribution is 7.85. The van der Waals surface area contributed by atoms with Gasteiger partial charge in [0.15, 0.2) is 0 Å². The molecule has 2 N–H and O–H groups in total. The van der Waals surface area contributed by atoms with Crippen LogP contribution in [0.15, 0.2) is 4.40 Å². The Bertz CT molecular complexity index is 384. The number of nitrogens with two attached hydrogens (primary N) is 1. The SMILES string of the molecule is CC(C)(C)S(N)=O.CC(C)=NS(=O)C(C)(C)C.CC(C)=O. The summed E-state index contributed by atoms with van der Waals surface area (Å²) in [5.41, 5.74) is 0.869. The fourth-order valence-corrected chi connectivity index (χ4v) is 0.908. The summed E-state index contributed by atoms with van der Waals surface area (Å²) in [4.78, 5) is 9.44. The number of ketones is 1. The first-order valence-corrected chi connectivity index (χ1v) is 8.91. The second-order valence-corrected chi connectivity index (χ2v) is 10.4. The zero-order valence-electron chi connectivity index (χ0n) is 15.1. The van der Waals surface area contributed by atoms with Crippen molar-refractivity contribution in [1.82, 2.24) is 0 Å². The van der Waals surface area contributed by atoms with Gasteiger partial charge >= 0.3 is 0 Å². The van der Waals surface area contributed by atoms with Crippen molar-refractivity contribution in [3.05, 3.63) is 0 Å². The van der Waals surface area contributed by atoms with E-state index in [-0.39, 0.29) is 15.3 Å². The van der Waals surface area contributed by atoms with Crippen LogP contribution in [-0.2, 0) is 26.8 Å². The van der Waals surface area contributed by atoms with E-state index in [1.807, 2.05) is 55.4 Å². The molecule has 0 spiro atoms. The average molecular weight is 341 g/mol. The van der Waals surface area contributed by atoms with Crippen LogP contribution >= 0.6 is 0 Å². The van der Waals surface area contributed by atoms with Gasteiger partial charge in [0.1, 0.15) is 16.8 Å². The Morgan fingerprint density at radius 2 is 1.10 bits per heavy atom. The maximum atomic E-state index is 11.2. The van der Waals surface area contributed by atoms with Crippen molar-refractivity contribution in [2.75, 3.05) is 0 Å². The highest BCUT2D eigenvalue weighted by atomic mass is 32.2. The fraction of sp³-hybridized carbons (Fsp3) is 0.857. The van der Waals surface area contributed by atoms with Crippen LogP contribution in [0.4, 0.5) is 0 Å². The van der Waals surface area contributed by atoms with Crippen molar-refractivity contribution in [2.45, 2.75) is 78.7 Å². The van der Waals surface area contributed by atoms with Crippen LogP contribution in [0.5, 0.6) is 0 Å². The lowest BCUT2D eigenvalue weighted by molar-refractivity contribution is -0.114. The van der Waals surface area contributed by atoms with Gasteiger partial charge in [-0.2, -0.15) is 4.40 Å². The standard InChI is InChI=1S/C7H15NOS.C4H11NOS.C3H6O/c1-6(2)8-10(9)7(3,4)5;1-4(2,3)7(5)6;1-3(2)4/h1-5H3;5H2,1-3H3;1-2H3. The highest BCUT2D eigenvalue weighted by Crippen LogP contribution is 2.11. The number of hydrogen-bond acceptors (Lipinski definition) is 3.